The first-order chi connectivity index (χ1) is 31.2. The molecule has 0 spiro atoms. The van der Waals surface area contributed by atoms with Crippen LogP contribution in [0.1, 0.15) is 107 Å². The topological polar surface area (TPSA) is 318 Å². The van der Waals surface area contributed by atoms with E-state index in [9.17, 15) is 66.4 Å². The molecule has 3 aliphatic heterocycles. The van der Waals surface area contributed by atoms with Crippen LogP contribution in [0.15, 0.2) is 11.6 Å². The van der Waals surface area contributed by atoms with Crippen LogP contribution < -0.4 is 0 Å². The highest BCUT2D eigenvalue weighted by Gasteiger charge is 2.74. The van der Waals surface area contributed by atoms with Gasteiger partial charge in [0.2, 0.25) is 0 Å². The van der Waals surface area contributed by atoms with E-state index in [0.717, 1.165) is 5.57 Å². The third-order valence-corrected chi connectivity index (χ3v) is 18.7. The molecule has 7 aliphatic rings. The lowest BCUT2D eigenvalue weighted by Gasteiger charge is -2.72. The van der Waals surface area contributed by atoms with Gasteiger partial charge in [0, 0.05) is 0 Å². The second-order valence-corrected chi connectivity index (χ2v) is 23.1. The summed E-state index contributed by atoms with van der Waals surface area (Å²) < 4.78 is 37.1. The molecule has 3 heterocycles. The highest BCUT2D eigenvalue weighted by molar-refractivity contribution is 5.22. The fourth-order valence-electron chi connectivity index (χ4n) is 14.8. The zero-order valence-corrected chi connectivity index (χ0v) is 40.3. The largest absolute Gasteiger partial charge is 0.394 e. The molecule has 388 valence electrons. The fourth-order valence-corrected chi connectivity index (χ4v) is 14.8. The van der Waals surface area contributed by atoms with Crippen LogP contribution in [0.2, 0.25) is 0 Å². The van der Waals surface area contributed by atoms with Crippen molar-refractivity contribution in [1.82, 2.24) is 0 Å². The van der Waals surface area contributed by atoms with E-state index < -0.39 is 158 Å². The zero-order valence-electron chi connectivity index (χ0n) is 40.3. The van der Waals surface area contributed by atoms with Gasteiger partial charge in [-0.05, 0) is 117 Å². The van der Waals surface area contributed by atoms with Crippen LogP contribution in [0.25, 0.3) is 0 Å². The molecule has 4 aliphatic carbocycles. The molecule has 0 aromatic heterocycles. The van der Waals surface area contributed by atoms with Gasteiger partial charge in [0.05, 0.1) is 43.7 Å². The fraction of sp³-hybridized carbons (Fsp3) is 0.958. The van der Waals surface area contributed by atoms with E-state index >= 15 is 0 Å². The molecule has 4 saturated carbocycles. The summed E-state index contributed by atoms with van der Waals surface area (Å²) in [6, 6.07) is 0. The van der Waals surface area contributed by atoms with Gasteiger partial charge in [-0.25, -0.2) is 0 Å². The van der Waals surface area contributed by atoms with Crippen LogP contribution >= 0.6 is 0 Å². The molecule has 7 rings (SSSR count). The highest BCUT2D eigenvalue weighted by Crippen LogP contribution is 2.76. The van der Waals surface area contributed by atoms with Crippen LogP contribution in [0.4, 0.5) is 0 Å². The lowest BCUT2D eigenvalue weighted by atomic mass is 9.34. The maximum Gasteiger partial charge on any atom is 0.187 e. The average molecular weight is 963 g/mol. The second-order valence-electron chi connectivity index (χ2n) is 23.1. The van der Waals surface area contributed by atoms with Gasteiger partial charge in [-0.3, -0.25) is 0 Å². The van der Waals surface area contributed by atoms with Crippen molar-refractivity contribution in [2.75, 3.05) is 19.8 Å². The molecule has 0 unspecified atom stereocenters. The molecule has 19 heteroatoms. The van der Waals surface area contributed by atoms with Gasteiger partial charge >= 0.3 is 0 Å². The molecule has 0 aromatic rings. The van der Waals surface area contributed by atoms with Gasteiger partial charge < -0.3 is 94.8 Å². The number of hydrogen-bond acceptors (Lipinski definition) is 19. The molecule has 67 heavy (non-hydrogen) atoms. The minimum atomic E-state index is -1.77. The predicted octanol–water partition coefficient (Wildman–Crippen LogP) is -1.06. The Bertz CT molecular complexity index is 1710. The van der Waals surface area contributed by atoms with Crippen molar-refractivity contribution in [1.29, 1.82) is 0 Å². The second kappa shape index (κ2) is 19.8. The maximum atomic E-state index is 12.7. The Morgan fingerprint density at radius 2 is 1.19 bits per heavy atom. The van der Waals surface area contributed by atoms with E-state index in [2.05, 4.69) is 26.8 Å². The van der Waals surface area contributed by atoms with Crippen LogP contribution in [0, 0.1) is 45.3 Å². The Hall–Kier alpha value is -1.02. The van der Waals surface area contributed by atoms with Crippen molar-refractivity contribution in [2.24, 2.45) is 45.3 Å². The first kappa shape index (κ1) is 53.8. The van der Waals surface area contributed by atoms with Crippen molar-refractivity contribution in [3.8, 4) is 0 Å². The van der Waals surface area contributed by atoms with Crippen molar-refractivity contribution in [3.05, 3.63) is 11.6 Å². The summed E-state index contributed by atoms with van der Waals surface area (Å²) in [5, 5.41) is 142. The van der Waals surface area contributed by atoms with E-state index in [-0.39, 0.29) is 23.7 Å². The molecule has 19 nitrogen and oxygen atoms in total. The summed E-state index contributed by atoms with van der Waals surface area (Å²) in [7, 11) is 0. The maximum absolute atomic E-state index is 12.7. The Morgan fingerprint density at radius 1 is 0.657 bits per heavy atom. The SMILES string of the molecule is CC(C)=CCC[C@](C)(O[C@@H]1O[C@H](CO[C@H]2O[C@H](CO)[C@@H](O)[C@H](O)[C@H]2O)[C@@H](O)[C@H](O)[C@H]1O)[C@@H]1CC[C@]2(C)[C@H]1[C@H](O)C[C@H]1[C@@]3(C)CC[C@H](O)C(C)(C)[C@H]3[C@@H](O[C@@H]3O[C@H](CO)[C@@H](O)[C@H](O)[C@H]3O)C[C@@]12C. The van der Waals surface area contributed by atoms with Gasteiger partial charge in [0.25, 0.3) is 0 Å². The summed E-state index contributed by atoms with van der Waals surface area (Å²) >= 11 is 0. The molecule has 0 aromatic carbocycles. The predicted molar refractivity (Wildman–Crippen MR) is 235 cm³/mol. The van der Waals surface area contributed by atoms with Crippen LogP contribution in [-0.4, -0.2) is 202 Å². The molecule has 7 fully saturated rings. The number of rotatable bonds is 13. The Morgan fingerprint density at radius 3 is 1.78 bits per heavy atom. The molecule has 0 bridgehead atoms. The summed E-state index contributed by atoms with van der Waals surface area (Å²) in [5.74, 6) is -1.11. The quantitative estimate of drug-likeness (QED) is 0.0773. The third kappa shape index (κ3) is 9.13. The molecule has 26 atom stereocenters. The molecule has 0 amide bonds. The lowest BCUT2D eigenvalue weighted by Crippen LogP contribution is -2.71. The van der Waals surface area contributed by atoms with E-state index in [1.54, 1.807) is 0 Å². The van der Waals surface area contributed by atoms with Gasteiger partial charge in [-0.15, -0.1) is 0 Å². The Balaban J connectivity index is 1.20. The van der Waals surface area contributed by atoms with Crippen LogP contribution in [0.3, 0.4) is 0 Å². The minimum Gasteiger partial charge on any atom is -0.394 e. The number of hydrogen-bond donors (Lipinski definition) is 13. The standard InChI is InChI=1S/C48H82O19/c1-21(2)10-9-13-48(8,67-43-39(61)36(58)33(55)27(66-43)20-62-41-37(59)34(56)31(53)25(18-49)64-41)22-11-15-46(6)30(22)23(51)16-28-45(5)14-12-29(52)44(3,4)40(45)24(17-47(28,46)7)63-42-38(60)35(57)32(54)26(19-50)65-42/h10,22-43,49-61H,9,11-20H2,1-8H3/t22-,23-,24+,25-,26-,27-,28+,29+,30-,31-,32-,33-,34+,35+,36+,37-,38-,39-,40-,41+,42-,43+,45-,46-,47+,48+/m1/s1. The van der Waals surface area contributed by atoms with Crippen molar-refractivity contribution in [2.45, 2.75) is 223 Å². The first-order valence-corrected chi connectivity index (χ1v) is 24.5. The number of fused-ring (bicyclic) bond motifs is 5. The van der Waals surface area contributed by atoms with Gasteiger partial charge in [0.1, 0.15) is 73.2 Å². The van der Waals surface area contributed by atoms with E-state index in [1.165, 1.54) is 0 Å². The molecular formula is C48H82O19. The molecule has 0 radical (unpaired) electrons. The van der Waals surface area contributed by atoms with Gasteiger partial charge in [-0.2, -0.15) is 0 Å². The monoisotopic (exact) mass is 963 g/mol. The summed E-state index contributed by atoms with van der Waals surface area (Å²) in [6.07, 6.45) is -19.2. The third-order valence-electron chi connectivity index (χ3n) is 18.7. The number of aliphatic hydroxyl groups is 13. The van der Waals surface area contributed by atoms with Crippen molar-refractivity contribution < 1.29 is 94.8 Å². The van der Waals surface area contributed by atoms with Gasteiger partial charge in [-0.1, -0.05) is 46.3 Å². The number of ether oxygens (including phenoxy) is 6. The molecular weight excluding hydrogens is 881 g/mol. The molecule has 3 saturated heterocycles. The number of aliphatic hydroxyl groups excluding tert-OH is 13. The summed E-state index contributed by atoms with van der Waals surface area (Å²) in [5.41, 5.74) is -2.39. The Kier molecular flexibility index (Phi) is 15.9. The smallest absolute Gasteiger partial charge is 0.187 e. The average Bonchev–Trinajstić information content (AvgIpc) is 3.66. The number of allylic oxidation sites excluding steroid dienone is 2. The minimum absolute atomic E-state index is 0.0659. The Labute approximate surface area is 393 Å². The van der Waals surface area contributed by atoms with E-state index in [1.807, 2.05) is 34.6 Å². The van der Waals surface area contributed by atoms with Crippen LogP contribution in [0.5, 0.6) is 0 Å². The highest BCUT2D eigenvalue weighted by atomic mass is 16.7. The lowest BCUT2D eigenvalue weighted by molar-refractivity contribution is -0.353. The summed E-state index contributed by atoms with van der Waals surface area (Å²) in [6.45, 7) is 14.7. The zero-order chi connectivity index (χ0) is 49.5. The normalized spacial score (nSPS) is 52.9. The summed E-state index contributed by atoms with van der Waals surface area (Å²) in [4.78, 5) is 0. The van der Waals surface area contributed by atoms with E-state index in [4.69, 9.17) is 28.4 Å². The van der Waals surface area contributed by atoms with Gasteiger partial charge in [0.15, 0.2) is 18.9 Å². The van der Waals surface area contributed by atoms with E-state index in [0.29, 0.717) is 51.4 Å². The van der Waals surface area contributed by atoms with Crippen molar-refractivity contribution >= 4 is 0 Å². The van der Waals surface area contributed by atoms with Crippen LogP contribution in [-0.2, 0) is 28.4 Å². The van der Waals surface area contributed by atoms with Crippen molar-refractivity contribution in [3.63, 3.8) is 0 Å². The molecule has 13 N–H and O–H groups in total. The first-order valence-electron chi connectivity index (χ1n) is 24.5.